The number of para-hydroxylation sites is 1. The number of hydrogen-bond acceptors (Lipinski definition) is 2. The number of alkyl halides is 3. The molecule has 0 aliphatic heterocycles. The van der Waals surface area contributed by atoms with Crippen molar-refractivity contribution in [2.24, 2.45) is 0 Å². The summed E-state index contributed by atoms with van der Waals surface area (Å²) in [7, 11) is 0. The monoisotopic (exact) mass is 524 g/mol. The lowest BCUT2D eigenvalue weighted by atomic mass is 9.92. The molecule has 2 aromatic carbocycles. The van der Waals surface area contributed by atoms with E-state index in [1.54, 1.807) is 6.07 Å². The molecule has 0 radical (unpaired) electrons. The molecule has 3 rings (SSSR count). The molecule has 1 heterocycles. The van der Waals surface area contributed by atoms with E-state index in [1.807, 2.05) is 35.7 Å². The van der Waals surface area contributed by atoms with Gasteiger partial charge in [-0.15, -0.1) is 11.3 Å². The molecule has 35 heavy (non-hydrogen) atoms. The molecule has 0 aliphatic carbocycles. The Morgan fingerprint density at radius 3 is 2.29 bits per heavy atom. The van der Waals surface area contributed by atoms with E-state index in [4.69, 9.17) is 11.6 Å². The van der Waals surface area contributed by atoms with Crippen LogP contribution in [0.4, 0.5) is 23.7 Å². The summed E-state index contributed by atoms with van der Waals surface area (Å²) in [5.74, 6) is 0.183. The van der Waals surface area contributed by atoms with E-state index in [9.17, 15) is 18.0 Å². The fraction of sp³-hybridized carbons (Fsp3) is 0.444. The lowest BCUT2D eigenvalue weighted by molar-refractivity contribution is -0.135. The van der Waals surface area contributed by atoms with Gasteiger partial charge in [0, 0.05) is 34.3 Å². The third kappa shape index (κ3) is 7.37. The van der Waals surface area contributed by atoms with Crippen molar-refractivity contribution in [3.05, 3.63) is 63.5 Å². The molecule has 0 saturated carbocycles. The number of anilines is 1. The summed E-state index contributed by atoms with van der Waals surface area (Å²) < 4.78 is 39.5. The van der Waals surface area contributed by atoms with E-state index in [0.717, 1.165) is 32.5 Å². The minimum atomic E-state index is -4.21. The number of benzene rings is 2. The molecule has 3 aromatic rings. The van der Waals surface area contributed by atoms with Gasteiger partial charge in [0.1, 0.15) is 0 Å². The molecule has 0 saturated heterocycles. The molecule has 1 unspecified atom stereocenters. The van der Waals surface area contributed by atoms with Crippen molar-refractivity contribution < 1.29 is 18.0 Å². The quantitative estimate of drug-likeness (QED) is 0.287. The Morgan fingerprint density at radius 2 is 1.69 bits per heavy atom. The van der Waals surface area contributed by atoms with Crippen LogP contribution in [0.15, 0.2) is 41.8 Å². The third-order valence-electron chi connectivity index (χ3n) is 6.14. The Labute approximate surface area is 214 Å². The Kier molecular flexibility index (Phi) is 9.11. The van der Waals surface area contributed by atoms with Gasteiger partial charge < -0.3 is 10.6 Å². The minimum Gasteiger partial charge on any atom is -0.337 e. The summed E-state index contributed by atoms with van der Waals surface area (Å²) in [4.78, 5) is 13.0. The maximum atomic E-state index is 13.0. The van der Waals surface area contributed by atoms with Crippen LogP contribution in [-0.4, -0.2) is 18.8 Å². The number of thiophene rings is 1. The van der Waals surface area contributed by atoms with Crippen molar-refractivity contribution in [1.82, 2.24) is 5.32 Å². The van der Waals surface area contributed by atoms with Gasteiger partial charge in [-0.3, -0.25) is 0 Å². The maximum absolute atomic E-state index is 13.0. The van der Waals surface area contributed by atoms with Crippen LogP contribution >= 0.6 is 22.9 Å². The molecule has 1 aromatic heterocycles. The Balaban J connectivity index is 1.80. The van der Waals surface area contributed by atoms with Gasteiger partial charge in [-0.25, -0.2) is 4.79 Å². The first-order chi connectivity index (χ1) is 16.5. The topological polar surface area (TPSA) is 41.1 Å². The van der Waals surface area contributed by atoms with E-state index in [1.165, 1.54) is 11.3 Å². The predicted octanol–water partition coefficient (Wildman–Crippen LogP) is 9.44. The summed E-state index contributed by atoms with van der Waals surface area (Å²) in [5, 5.41) is 9.40. The third-order valence-corrected chi connectivity index (χ3v) is 7.36. The second-order valence-electron chi connectivity index (χ2n) is 9.49. The highest BCUT2D eigenvalue weighted by atomic mass is 35.5. The van der Waals surface area contributed by atoms with Crippen LogP contribution in [-0.2, 0) is 0 Å². The van der Waals surface area contributed by atoms with Crippen molar-refractivity contribution in [3.8, 4) is 0 Å². The highest BCUT2D eigenvalue weighted by Crippen LogP contribution is 2.36. The van der Waals surface area contributed by atoms with Gasteiger partial charge in [-0.1, -0.05) is 57.5 Å². The largest absolute Gasteiger partial charge is 0.389 e. The van der Waals surface area contributed by atoms with Crippen molar-refractivity contribution in [2.45, 2.75) is 70.9 Å². The van der Waals surface area contributed by atoms with Crippen LogP contribution in [0.1, 0.15) is 81.4 Å². The number of carbonyl (C=O) groups is 1. The Morgan fingerprint density at radius 1 is 1.03 bits per heavy atom. The smallest absolute Gasteiger partial charge is 0.337 e. The number of carbonyl (C=O) groups excluding carboxylic acids is 1. The molecule has 1 atom stereocenters. The Bertz CT molecular complexity index is 1130. The van der Waals surface area contributed by atoms with Gasteiger partial charge in [0.05, 0.1) is 0 Å². The number of halogens is 4. The highest BCUT2D eigenvalue weighted by Gasteiger charge is 2.27. The maximum Gasteiger partial charge on any atom is 0.389 e. The summed E-state index contributed by atoms with van der Waals surface area (Å²) in [6, 6.07) is 11.2. The second kappa shape index (κ2) is 11.7. The molecule has 2 N–H and O–H groups in total. The molecule has 0 aliphatic rings. The van der Waals surface area contributed by atoms with Crippen molar-refractivity contribution in [1.29, 1.82) is 0 Å². The average molecular weight is 525 g/mol. The van der Waals surface area contributed by atoms with E-state index >= 15 is 0 Å². The van der Waals surface area contributed by atoms with Gasteiger partial charge in [0.2, 0.25) is 0 Å². The van der Waals surface area contributed by atoms with Crippen LogP contribution < -0.4 is 10.6 Å². The zero-order chi connectivity index (χ0) is 25.8. The molecule has 8 heteroatoms. The van der Waals surface area contributed by atoms with Crippen LogP contribution in [0.2, 0.25) is 5.02 Å². The number of amides is 2. The molecule has 3 nitrogen and oxygen atoms in total. The summed E-state index contributed by atoms with van der Waals surface area (Å²) in [5.41, 5.74) is 3.81. The van der Waals surface area contributed by atoms with E-state index in [2.05, 4.69) is 38.3 Å². The fourth-order valence-corrected chi connectivity index (χ4v) is 5.52. The Hall–Kier alpha value is -2.25. The molecule has 0 spiro atoms. The standard InChI is InChI=1S/C27H32ClF3N2OS/c1-16(2)20-8-5-9-21(17(3)4)25(20)33-26(34)32-14-18(7-6-12-27(29,30)31)23-15-35-24-11-10-19(28)13-22(23)24/h5,8-11,13,15-18H,6-7,12,14H2,1-4H3,(H2,32,33,34). The first kappa shape index (κ1) is 27.3. The summed E-state index contributed by atoms with van der Waals surface area (Å²) in [6.07, 6.45) is -4.76. The van der Waals surface area contributed by atoms with Gasteiger partial charge in [-0.2, -0.15) is 13.2 Å². The number of nitrogens with one attached hydrogen (secondary N) is 2. The SMILES string of the molecule is CC(C)c1cccc(C(C)C)c1NC(=O)NCC(CCCC(F)(F)F)c1csc2ccc(Cl)cc12. The zero-order valence-corrected chi connectivity index (χ0v) is 22.0. The van der Waals surface area contributed by atoms with Gasteiger partial charge in [0.15, 0.2) is 0 Å². The van der Waals surface area contributed by atoms with Crippen molar-refractivity contribution in [3.63, 3.8) is 0 Å². The molecule has 0 fully saturated rings. The van der Waals surface area contributed by atoms with Gasteiger partial charge in [-0.05, 0) is 70.3 Å². The van der Waals surface area contributed by atoms with Crippen molar-refractivity contribution >= 4 is 44.7 Å². The minimum absolute atomic E-state index is 0.0109. The normalized spacial score (nSPS) is 13.0. The first-order valence-electron chi connectivity index (χ1n) is 11.9. The van der Waals surface area contributed by atoms with Crippen LogP contribution in [0, 0.1) is 0 Å². The van der Waals surface area contributed by atoms with E-state index < -0.39 is 12.6 Å². The number of rotatable bonds is 9. The van der Waals surface area contributed by atoms with E-state index in [-0.39, 0.29) is 36.8 Å². The molecule has 2 amide bonds. The molecular weight excluding hydrogens is 493 g/mol. The lowest BCUT2D eigenvalue weighted by Crippen LogP contribution is -2.33. The van der Waals surface area contributed by atoms with Gasteiger partial charge in [0.25, 0.3) is 0 Å². The average Bonchev–Trinajstić information content (AvgIpc) is 3.18. The lowest BCUT2D eigenvalue weighted by Gasteiger charge is -2.22. The van der Waals surface area contributed by atoms with Crippen LogP contribution in [0.3, 0.4) is 0 Å². The highest BCUT2D eigenvalue weighted by molar-refractivity contribution is 7.17. The van der Waals surface area contributed by atoms with E-state index in [0.29, 0.717) is 11.4 Å². The first-order valence-corrected chi connectivity index (χ1v) is 13.1. The summed E-state index contributed by atoms with van der Waals surface area (Å²) >= 11 is 7.72. The second-order valence-corrected chi connectivity index (χ2v) is 10.8. The van der Waals surface area contributed by atoms with Crippen LogP contribution in [0.25, 0.3) is 10.1 Å². The zero-order valence-electron chi connectivity index (χ0n) is 20.4. The molecule has 190 valence electrons. The number of urea groups is 1. The molecular formula is C27H32ClF3N2OS. The van der Waals surface area contributed by atoms with Crippen molar-refractivity contribution in [2.75, 3.05) is 11.9 Å². The van der Waals surface area contributed by atoms with Crippen LogP contribution in [0.5, 0.6) is 0 Å². The predicted molar refractivity (Wildman–Crippen MR) is 141 cm³/mol. The fourth-order valence-electron chi connectivity index (χ4n) is 4.32. The number of fused-ring (bicyclic) bond motifs is 1. The number of hydrogen-bond donors (Lipinski definition) is 2. The summed E-state index contributed by atoms with van der Waals surface area (Å²) in [6.45, 7) is 8.53. The molecule has 0 bridgehead atoms. The van der Waals surface area contributed by atoms with Gasteiger partial charge >= 0.3 is 12.2 Å².